The minimum absolute atomic E-state index is 0.113. The highest BCUT2D eigenvalue weighted by Gasteiger charge is 2.35. The molecule has 1 amide bonds. The van der Waals surface area contributed by atoms with Crippen molar-refractivity contribution >= 4 is 11.6 Å². The van der Waals surface area contributed by atoms with Crippen LogP contribution in [0.15, 0.2) is 77.7 Å². The molecule has 2 aromatic carbocycles. The molecule has 6 nitrogen and oxygen atoms in total. The smallest absolute Gasteiger partial charge is 0.252 e. The SMILES string of the molecule is CC(CC(=O)N1CCC(O)(Cn2cc(-c3ccccc3)c(N(C)C)cc2=O)CC1)c1ccccc1. The molecule has 1 saturated heterocycles. The third-order valence-electron chi connectivity index (χ3n) is 7.03. The number of carbonyl (C=O) groups is 1. The molecule has 1 aliphatic heterocycles. The second-order valence-corrected chi connectivity index (χ2v) is 9.92. The van der Waals surface area contributed by atoms with Crippen LogP contribution in [0.25, 0.3) is 11.1 Å². The van der Waals surface area contributed by atoms with Crippen molar-refractivity contribution in [3.05, 3.63) is 88.8 Å². The van der Waals surface area contributed by atoms with Gasteiger partial charge in [0.1, 0.15) is 0 Å². The topological polar surface area (TPSA) is 65.8 Å². The Labute approximate surface area is 207 Å². The van der Waals surface area contributed by atoms with Crippen molar-refractivity contribution in [3.63, 3.8) is 0 Å². The monoisotopic (exact) mass is 473 g/mol. The van der Waals surface area contributed by atoms with Crippen molar-refractivity contribution in [2.75, 3.05) is 32.1 Å². The van der Waals surface area contributed by atoms with E-state index in [1.807, 2.05) is 78.6 Å². The van der Waals surface area contributed by atoms with Crippen molar-refractivity contribution in [2.24, 2.45) is 0 Å². The van der Waals surface area contributed by atoms with Crippen LogP contribution in [0.1, 0.15) is 37.7 Å². The van der Waals surface area contributed by atoms with Crippen LogP contribution in [-0.4, -0.2) is 53.3 Å². The van der Waals surface area contributed by atoms with E-state index in [4.69, 9.17) is 0 Å². The number of anilines is 1. The normalized spacial score (nSPS) is 16.1. The highest BCUT2D eigenvalue weighted by molar-refractivity contribution is 5.78. The predicted molar refractivity (Wildman–Crippen MR) is 141 cm³/mol. The van der Waals surface area contributed by atoms with E-state index in [-0.39, 0.29) is 23.9 Å². The number of aromatic nitrogens is 1. The predicted octanol–water partition coefficient (Wildman–Crippen LogP) is 4.13. The number of benzene rings is 2. The van der Waals surface area contributed by atoms with E-state index < -0.39 is 5.60 Å². The molecule has 0 spiro atoms. The minimum atomic E-state index is -1.03. The molecule has 0 saturated carbocycles. The lowest BCUT2D eigenvalue weighted by Crippen LogP contribution is -2.49. The van der Waals surface area contributed by atoms with E-state index in [0.717, 1.165) is 22.4 Å². The van der Waals surface area contributed by atoms with Crippen LogP contribution in [0, 0.1) is 0 Å². The molecular formula is C29H35N3O3. The Morgan fingerprint density at radius 2 is 1.63 bits per heavy atom. The summed E-state index contributed by atoms with van der Waals surface area (Å²) in [7, 11) is 3.84. The van der Waals surface area contributed by atoms with Gasteiger partial charge in [-0.2, -0.15) is 0 Å². The summed E-state index contributed by atoms with van der Waals surface area (Å²) in [6.07, 6.45) is 3.19. The van der Waals surface area contributed by atoms with Crippen LogP contribution in [0.4, 0.5) is 5.69 Å². The summed E-state index contributed by atoms with van der Waals surface area (Å²) in [5.41, 5.74) is 2.80. The summed E-state index contributed by atoms with van der Waals surface area (Å²) in [5, 5.41) is 11.3. The van der Waals surface area contributed by atoms with Gasteiger partial charge in [0.15, 0.2) is 0 Å². The molecule has 0 aliphatic carbocycles. The molecule has 184 valence electrons. The number of carbonyl (C=O) groups excluding carboxylic acids is 1. The quantitative estimate of drug-likeness (QED) is 0.560. The Bertz CT molecular complexity index is 1200. The fourth-order valence-corrected chi connectivity index (χ4v) is 4.83. The first-order valence-electron chi connectivity index (χ1n) is 12.3. The van der Waals surface area contributed by atoms with Gasteiger partial charge >= 0.3 is 0 Å². The van der Waals surface area contributed by atoms with Gasteiger partial charge in [0.2, 0.25) is 5.91 Å². The first-order valence-corrected chi connectivity index (χ1v) is 12.3. The second-order valence-electron chi connectivity index (χ2n) is 9.92. The van der Waals surface area contributed by atoms with E-state index >= 15 is 0 Å². The zero-order valence-electron chi connectivity index (χ0n) is 20.9. The minimum Gasteiger partial charge on any atom is -0.388 e. The fraction of sp³-hybridized carbons (Fsp3) is 0.379. The van der Waals surface area contributed by atoms with Crippen molar-refractivity contribution in [2.45, 2.75) is 44.2 Å². The molecule has 0 radical (unpaired) electrons. The number of nitrogens with zero attached hydrogens (tertiary/aromatic N) is 3. The molecule has 2 heterocycles. The zero-order chi connectivity index (χ0) is 25.0. The van der Waals surface area contributed by atoms with Crippen LogP contribution in [0.3, 0.4) is 0 Å². The summed E-state index contributed by atoms with van der Waals surface area (Å²) in [4.78, 5) is 29.6. The molecule has 4 rings (SSSR count). The standard InChI is InChI=1S/C29H35N3O3/c1-22(23-10-6-4-7-11-23)18-27(33)31-16-14-29(35,15-17-31)21-32-20-25(24-12-8-5-9-13-24)26(30(2)3)19-28(32)34/h4-13,19-20,22,35H,14-18,21H2,1-3H3. The lowest BCUT2D eigenvalue weighted by Gasteiger charge is -2.39. The van der Waals surface area contributed by atoms with Crippen LogP contribution in [0.5, 0.6) is 0 Å². The first kappa shape index (κ1) is 24.7. The van der Waals surface area contributed by atoms with Crippen LogP contribution < -0.4 is 10.5 Å². The van der Waals surface area contributed by atoms with Gasteiger partial charge in [-0.1, -0.05) is 67.6 Å². The third kappa shape index (κ3) is 5.82. The summed E-state index contributed by atoms with van der Waals surface area (Å²) < 4.78 is 1.62. The van der Waals surface area contributed by atoms with Gasteiger partial charge in [-0.3, -0.25) is 9.59 Å². The van der Waals surface area contributed by atoms with Crippen molar-refractivity contribution < 1.29 is 9.90 Å². The molecule has 1 fully saturated rings. The molecule has 1 atom stereocenters. The van der Waals surface area contributed by atoms with Gasteiger partial charge in [0, 0.05) is 51.4 Å². The molecule has 0 bridgehead atoms. The Morgan fingerprint density at radius 1 is 1.03 bits per heavy atom. The Balaban J connectivity index is 1.45. The van der Waals surface area contributed by atoms with Gasteiger partial charge in [-0.15, -0.1) is 0 Å². The number of hydrogen-bond acceptors (Lipinski definition) is 4. The van der Waals surface area contributed by atoms with E-state index in [2.05, 4.69) is 19.1 Å². The highest BCUT2D eigenvalue weighted by Crippen LogP contribution is 2.30. The molecule has 1 aliphatic rings. The van der Waals surface area contributed by atoms with Gasteiger partial charge in [0.25, 0.3) is 5.56 Å². The number of aliphatic hydroxyl groups is 1. The summed E-state index contributed by atoms with van der Waals surface area (Å²) in [5.74, 6) is 0.261. The average molecular weight is 474 g/mol. The maximum Gasteiger partial charge on any atom is 0.252 e. The number of rotatable bonds is 7. The van der Waals surface area contributed by atoms with Gasteiger partial charge in [-0.05, 0) is 29.9 Å². The molecule has 1 aromatic heterocycles. The molecule has 1 N–H and O–H groups in total. The average Bonchev–Trinajstić information content (AvgIpc) is 2.86. The van der Waals surface area contributed by atoms with Gasteiger partial charge in [-0.25, -0.2) is 0 Å². The van der Waals surface area contributed by atoms with Gasteiger partial charge in [0.05, 0.1) is 17.8 Å². The third-order valence-corrected chi connectivity index (χ3v) is 7.03. The Hall–Kier alpha value is -3.38. The van der Waals surface area contributed by atoms with Crippen LogP contribution in [0.2, 0.25) is 0 Å². The number of amides is 1. The molecule has 3 aromatic rings. The summed E-state index contributed by atoms with van der Waals surface area (Å²) in [6, 6.07) is 21.7. The molecule has 35 heavy (non-hydrogen) atoms. The van der Waals surface area contributed by atoms with E-state index in [9.17, 15) is 14.7 Å². The number of piperidine rings is 1. The Morgan fingerprint density at radius 3 is 2.23 bits per heavy atom. The summed E-state index contributed by atoms with van der Waals surface area (Å²) in [6.45, 7) is 3.27. The maximum absolute atomic E-state index is 12.9. The first-order chi connectivity index (χ1) is 16.8. The number of hydrogen-bond donors (Lipinski definition) is 1. The molecule has 6 heteroatoms. The van der Waals surface area contributed by atoms with E-state index in [1.54, 1.807) is 10.6 Å². The van der Waals surface area contributed by atoms with Crippen molar-refractivity contribution in [1.29, 1.82) is 0 Å². The van der Waals surface area contributed by atoms with Crippen LogP contribution >= 0.6 is 0 Å². The molecule has 1 unspecified atom stereocenters. The maximum atomic E-state index is 12.9. The lowest BCUT2D eigenvalue weighted by atomic mass is 9.90. The van der Waals surface area contributed by atoms with E-state index in [1.165, 1.54) is 0 Å². The highest BCUT2D eigenvalue weighted by atomic mass is 16.3. The molecular weight excluding hydrogens is 438 g/mol. The van der Waals surface area contributed by atoms with Crippen molar-refractivity contribution in [3.8, 4) is 11.1 Å². The second kappa shape index (κ2) is 10.5. The summed E-state index contributed by atoms with van der Waals surface area (Å²) >= 11 is 0. The Kier molecular flexibility index (Phi) is 7.41. The van der Waals surface area contributed by atoms with Crippen LogP contribution in [-0.2, 0) is 11.3 Å². The number of pyridine rings is 1. The fourth-order valence-electron chi connectivity index (χ4n) is 4.83. The van der Waals surface area contributed by atoms with Gasteiger partial charge < -0.3 is 19.5 Å². The zero-order valence-corrected chi connectivity index (χ0v) is 20.9. The van der Waals surface area contributed by atoms with E-state index in [0.29, 0.717) is 32.4 Å². The largest absolute Gasteiger partial charge is 0.388 e. The lowest BCUT2D eigenvalue weighted by molar-refractivity contribution is -0.136. The number of likely N-dealkylation sites (tertiary alicyclic amines) is 1. The van der Waals surface area contributed by atoms with Crippen molar-refractivity contribution in [1.82, 2.24) is 9.47 Å².